The van der Waals surface area contributed by atoms with Crippen LogP contribution in [0.15, 0.2) is 48.5 Å². The number of carbonyl (C=O) groups excluding carboxylic acids is 1. The molecule has 0 unspecified atom stereocenters. The lowest BCUT2D eigenvalue weighted by molar-refractivity contribution is 0.0553. The van der Waals surface area contributed by atoms with Gasteiger partial charge in [-0.2, -0.15) is 0 Å². The molecule has 1 amide bonds. The molecule has 0 spiro atoms. The first-order chi connectivity index (χ1) is 11.4. The van der Waals surface area contributed by atoms with Gasteiger partial charge in [0.15, 0.2) is 0 Å². The van der Waals surface area contributed by atoms with E-state index in [0.717, 1.165) is 22.3 Å². The van der Waals surface area contributed by atoms with Gasteiger partial charge < -0.3 is 9.88 Å². The number of aromatic nitrogens is 1. The van der Waals surface area contributed by atoms with Gasteiger partial charge >= 0.3 is 0 Å². The Balaban J connectivity index is 2.03. The molecule has 1 aliphatic rings. The lowest BCUT2D eigenvalue weighted by atomic mass is 9.93. The van der Waals surface area contributed by atoms with E-state index in [0.29, 0.717) is 0 Å². The molecule has 122 valence electrons. The van der Waals surface area contributed by atoms with Crippen LogP contribution < -0.4 is 0 Å². The molecule has 3 heteroatoms. The van der Waals surface area contributed by atoms with Crippen LogP contribution in [0.2, 0.25) is 0 Å². The van der Waals surface area contributed by atoms with Crippen LogP contribution in [0.1, 0.15) is 54.0 Å². The number of hydrogen-bond donors (Lipinski definition) is 1. The molecule has 0 saturated carbocycles. The van der Waals surface area contributed by atoms with Gasteiger partial charge in [0, 0.05) is 33.3 Å². The topological polar surface area (TPSA) is 36.1 Å². The van der Waals surface area contributed by atoms with Gasteiger partial charge in [-0.1, -0.05) is 36.4 Å². The van der Waals surface area contributed by atoms with E-state index in [1.807, 2.05) is 29.2 Å². The van der Waals surface area contributed by atoms with E-state index in [1.54, 1.807) is 0 Å². The molecule has 1 aromatic heterocycles. The fraction of sp³-hybridized carbons (Fsp3) is 0.286. The molecule has 3 aromatic rings. The Morgan fingerprint density at radius 3 is 2.42 bits per heavy atom. The maximum Gasteiger partial charge on any atom is 0.255 e. The van der Waals surface area contributed by atoms with E-state index in [4.69, 9.17) is 0 Å². The molecule has 2 aromatic carbocycles. The molecular weight excluding hydrogens is 296 g/mol. The van der Waals surface area contributed by atoms with Gasteiger partial charge in [0.1, 0.15) is 0 Å². The minimum absolute atomic E-state index is 0.0511. The summed E-state index contributed by atoms with van der Waals surface area (Å²) in [5, 5.41) is 1.19. The molecule has 1 aliphatic heterocycles. The van der Waals surface area contributed by atoms with E-state index in [-0.39, 0.29) is 17.5 Å². The quantitative estimate of drug-likeness (QED) is 0.686. The summed E-state index contributed by atoms with van der Waals surface area (Å²) in [7, 11) is 0. The van der Waals surface area contributed by atoms with E-state index in [9.17, 15) is 4.79 Å². The van der Waals surface area contributed by atoms with Crippen molar-refractivity contribution in [3.05, 3.63) is 70.9 Å². The van der Waals surface area contributed by atoms with Crippen molar-refractivity contribution < 1.29 is 4.79 Å². The average molecular weight is 318 g/mol. The number of rotatable bonds is 1. The lowest BCUT2D eigenvalue weighted by Crippen LogP contribution is -2.44. The number of benzene rings is 2. The molecule has 0 aliphatic carbocycles. The van der Waals surface area contributed by atoms with Crippen LogP contribution in [0, 0.1) is 6.92 Å². The summed E-state index contributed by atoms with van der Waals surface area (Å²) in [5.74, 6) is 0.118. The Morgan fingerprint density at radius 1 is 1.00 bits per heavy atom. The molecule has 0 saturated heterocycles. The summed E-state index contributed by atoms with van der Waals surface area (Å²) >= 11 is 0. The van der Waals surface area contributed by atoms with E-state index in [2.05, 4.69) is 56.9 Å². The lowest BCUT2D eigenvalue weighted by Gasteiger charge is -2.37. The van der Waals surface area contributed by atoms with E-state index < -0.39 is 0 Å². The molecule has 0 bridgehead atoms. The monoisotopic (exact) mass is 318 g/mol. The van der Waals surface area contributed by atoms with Gasteiger partial charge in [-0.25, -0.2) is 0 Å². The van der Waals surface area contributed by atoms with E-state index in [1.165, 1.54) is 10.9 Å². The second-order valence-electron chi connectivity index (χ2n) is 7.55. The van der Waals surface area contributed by atoms with Gasteiger partial charge in [0.05, 0.1) is 6.04 Å². The van der Waals surface area contributed by atoms with Crippen molar-refractivity contribution in [2.45, 2.75) is 39.3 Å². The number of para-hydroxylation sites is 1. The Kier molecular flexibility index (Phi) is 3.11. The predicted octanol–water partition coefficient (Wildman–Crippen LogP) is 4.82. The smallest absolute Gasteiger partial charge is 0.255 e. The van der Waals surface area contributed by atoms with Crippen molar-refractivity contribution in [1.82, 2.24) is 9.88 Å². The number of H-pyrrole nitrogens is 1. The summed E-state index contributed by atoms with van der Waals surface area (Å²) in [4.78, 5) is 18.6. The molecule has 2 heterocycles. The Labute approximate surface area is 142 Å². The highest BCUT2D eigenvalue weighted by Gasteiger charge is 2.44. The van der Waals surface area contributed by atoms with Gasteiger partial charge in [0.2, 0.25) is 0 Å². The molecule has 0 fully saturated rings. The minimum Gasteiger partial charge on any atom is -0.358 e. The summed E-state index contributed by atoms with van der Waals surface area (Å²) in [6.07, 6.45) is 0. The number of aromatic amines is 1. The first kappa shape index (κ1) is 15.0. The fourth-order valence-electron chi connectivity index (χ4n) is 3.94. The minimum atomic E-state index is -0.258. The Hall–Kier alpha value is -2.55. The van der Waals surface area contributed by atoms with E-state index >= 15 is 0 Å². The highest BCUT2D eigenvalue weighted by Crippen LogP contribution is 2.45. The van der Waals surface area contributed by atoms with Crippen LogP contribution in [0.5, 0.6) is 0 Å². The number of hydrogen-bond acceptors (Lipinski definition) is 1. The summed E-state index contributed by atoms with van der Waals surface area (Å²) in [5.41, 5.74) is 5.12. The first-order valence-corrected chi connectivity index (χ1v) is 8.39. The molecular formula is C21H22N2O. The summed E-state index contributed by atoms with van der Waals surface area (Å²) in [6.45, 7) is 8.41. The number of fused-ring (bicyclic) bond motifs is 2. The van der Waals surface area contributed by atoms with Crippen molar-refractivity contribution in [2.24, 2.45) is 0 Å². The van der Waals surface area contributed by atoms with Gasteiger partial charge in [-0.3, -0.25) is 4.79 Å². The SMILES string of the molecule is Cc1[nH]c2ccccc2c1[C@@H]1c2ccccc2C(=O)N1C(C)(C)C. The van der Waals surface area contributed by atoms with Crippen LogP contribution in [-0.2, 0) is 0 Å². The molecule has 1 N–H and O–H groups in total. The third-order valence-electron chi connectivity index (χ3n) is 4.90. The van der Waals surface area contributed by atoms with Crippen LogP contribution >= 0.6 is 0 Å². The second kappa shape index (κ2) is 4.97. The maximum atomic E-state index is 13.1. The molecule has 4 rings (SSSR count). The van der Waals surface area contributed by atoms with Gasteiger partial charge in [-0.05, 0) is 45.4 Å². The van der Waals surface area contributed by atoms with Crippen molar-refractivity contribution in [1.29, 1.82) is 0 Å². The molecule has 3 nitrogen and oxygen atoms in total. The number of carbonyl (C=O) groups is 1. The summed E-state index contributed by atoms with van der Waals surface area (Å²) in [6, 6.07) is 16.3. The normalized spacial score (nSPS) is 17.6. The zero-order valence-electron chi connectivity index (χ0n) is 14.6. The first-order valence-electron chi connectivity index (χ1n) is 8.39. The second-order valence-corrected chi connectivity index (χ2v) is 7.55. The summed E-state index contributed by atoms with van der Waals surface area (Å²) < 4.78 is 0. The van der Waals surface area contributed by atoms with Crippen LogP contribution in [-0.4, -0.2) is 21.3 Å². The Bertz CT molecular complexity index is 946. The van der Waals surface area contributed by atoms with Crippen LogP contribution in [0.3, 0.4) is 0 Å². The molecule has 1 atom stereocenters. The average Bonchev–Trinajstić information content (AvgIpc) is 3.01. The zero-order chi connectivity index (χ0) is 17.1. The van der Waals surface area contributed by atoms with Crippen LogP contribution in [0.25, 0.3) is 10.9 Å². The largest absolute Gasteiger partial charge is 0.358 e. The van der Waals surface area contributed by atoms with Gasteiger partial charge in [0.25, 0.3) is 5.91 Å². The number of amides is 1. The molecule has 0 radical (unpaired) electrons. The number of nitrogens with one attached hydrogen (secondary N) is 1. The van der Waals surface area contributed by atoms with Crippen molar-refractivity contribution in [3.63, 3.8) is 0 Å². The maximum absolute atomic E-state index is 13.1. The van der Waals surface area contributed by atoms with Crippen molar-refractivity contribution in [3.8, 4) is 0 Å². The highest BCUT2D eigenvalue weighted by atomic mass is 16.2. The zero-order valence-corrected chi connectivity index (χ0v) is 14.6. The fourth-order valence-corrected chi connectivity index (χ4v) is 3.94. The Morgan fingerprint density at radius 2 is 1.67 bits per heavy atom. The van der Waals surface area contributed by atoms with Crippen molar-refractivity contribution in [2.75, 3.05) is 0 Å². The number of nitrogens with zero attached hydrogens (tertiary/aromatic N) is 1. The standard InChI is InChI=1S/C21H22N2O/c1-13-18(16-11-7-8-12-17(16)22-13)19-14-9-5-6-10-15(14)20(24)23(19)21(2,3)4/h5-12,19,22H,1-4H3/t19-/m0/s1. The third kappa shape index (κ3) is 2.01. The third-order valence-corrected chi connectivity index (χ3v) is 4.90. The van der Waals surface area contributed by atoms with Crippen molar-refractivity contribution >= 4 is 16.8 Å². The number of aryl methyl sites for hydroxylation is 1. The van der Waals surface area contributed by atoms with Crippen LogP contribution in [0.4, 0.5) is 0 Å². The van der Waals surface area contributed by atoms with Gasteiger partial charge in [-0.15, -0.1) is 0 Å². The predicted molar refractivity (Wildman–Crippen MR) is 97.2 cm³/mol. The highest BCUT2D eigenvalue weighted by molar-refractivity contribution is 6.01. The molecule has 24 heavy (non-hydrogen) atoms.